The molecule has 1 aromatic carbocycles. The Hall–Kier alpha value is -2.63. The van der Waals surface area contributed by atoms with Gasteiger partial charge in [-0.1, -0.05) is 0 Å². The summed E-state index contributed by atoms with van der Waals surface area (Å²) in [6.45, 7) is 0. The van der Waals surface area contributed by atoms with E-state index < -0.39 is 11.7 Å². The summed E-state index contributed by atoms with van der Waals surface area (Å²) in [6.07, 6.45) is 7.31. The average Bonchev–Trinajstić information content (AvgIpc) is 3.10. The van der Waals surface area contributed by atoms with Crippen molar-refractivity contribution in [3.8, 4) is 11.5 Å². The number of pyridine rings is 1. The largest absolute Gasteiger partial charge is 0.493 e. The molecule has 0 atom stereocenters. The fourth-order valence-corrected chi connectivity index (χ4v) is 2.78. The summed E-state index contributed by atoms with van der Waals surface area (Å²) in [5, 5.41) is 2.62. The van der Waals surface area contributed by atoms with Crippen molar-refractivity contribution >= 4 is 11.6 Å². The summed E-state index contributed by atoms with van der Waals surface area (Å²) >= 11 is 0. The molecule has 0 unspecified atom stereocenters. The average molecular weight is 330 g/mol. The Balaban J connectivity index is 1.85. The third-order valence-corrected chi connectivity index (χ3v) is 4.01. The van der Waals surface area contributed by atoms with Crippen LogP contribution in [-0.4, -0.2) is 24.1 Å². The minimum Gasteiger partial charge on any atom is -0.493 e. The van der Waals surface area contributed by atoms with Crippen LogP contribution in [0.5, 0.6) is 11.5 Å². The van der Waals surface area contributed by atoms with Crippen molar-refractivity contribution in [2.45, 2.75) is 31.8 Å². The normalized spacial score (nSPS) is 14.4. The molecule has 1 amide bonds. The van der Waals surface area contributed by atoms with Gasteiger partial charge < -0.3 is 14.8 Å². The zero-order valence-electron chi connectivity index (χ0n) is 13.4. The number of anilines is 1. The number of amides is 1. The predicted molar refractivity (Wildman–Crippen MR) is 88.0 cm³/mol. The molecular formula is C18H19FN2O3. The molecule has 2 aromatic rings. The first-order chi connectivity index (χ1) is 11.7. The minimum atomic E-state index is -0.660. The molecule has 3 rings (SSSR count). The van der Waals surface area contributed by atoms with E-state index in [4.69, 9.17) is 9.47 Å². The Kier molecular flexibility index (Phi) is 4.93. The highest BCUT2D eigenvalue weighted by atomic mass is 19.1. The van der Waals surface area contributed by atoms with Crippen molar-refractivity contribution in [3.05, 3.63) is 48.0 Å². The van der Waals surface area contributed by atoms with Crippen LogP contribution >= 0.6 is 0 Å². The molecule has 5 nitrogen and oxygen atoms in total. The van der Waals surface area contributed by atoms with Crippen LogP contribution in [0.15, 0.2) is 36.7 Å². The van der Waals surface area contributed by atoms with E-state index in [0.717, 1.165) is 25.7 Å². The quantitative estimate of drug-likeness (QED) is 0.906. The van der Waals surface area contributed by atoms with Gasteiger partial charge in [-0.15, -0.1) is 0 Å². The summed E-state index contributed by atoms with van der Waals surface area (Å²) in [5.74, 6) is -0.536. The van der Waals surface area contributed by atoms with E-state index in [1.807, 2.05) is 0 Å². The SMILES string of the molecule is COc1cc(F)c(C(=O)Nc2cccnc2)cc1OC1CCCC1. The van der Waals surface area contributed by atoms with Gasteiger partial charge in [0, 0.05) is 12.3 Å². The van der Waals surface area contributed by atoms with Gasteiger partial charge in [-0.3, -0.25) is 9.78 Å². The molecule has 126 valence electrons. The maximum atomic E-state index is 14.3. The molecule has 24 heavy (non-hydrogen) atoms. The number of carbonyl (C=O) groups is 1. The lowest BCUT2D eigenvalue weighted by atomic mass is 10.1. The summed E-state index contributed by atoms with van der Waals surface area (Å²) in [4.78, 5) is 16.3. The van der Waals surface area contributed by atoms with Gasteiger partial charge in [-0.2, -0.15) is 0 Å². The molecule has 6 heteroatoms. The van der Waals surface area contributed by atoms with Gasteiger partial charge in [-0.05, 0) is 43.9 Å². The van der Waals surface area contributed by atoms with E-state index in [2.05, 4.69) is 10.3 Å². The van der Waals surface area contributed by atoms with E-state index in [9.17, 15) is 9.18 Å². The number of halogens is 1. The van der Waals surface area contributed by atoms with Crippen LogP contribution in [0.1, 0.15) is 36.0 Å². The van der Waals surface area contributed by atoms with Crippen molar-refractivity contribution in [1.82, 2.24) is 4.98 Å². The minimum absolute atomic E-state index is 0.0820. The fourth-order valence-electron chi connectivity index (χ4n) is 2.78. The highest BCUT2D eigenvalue weighted by Gasteiger charge is 2.22. The van der Waals surface area contributed by atoms with Crippen molar-refractivity contribution in [3.63, 3.8) is 0 Å². The zero-order chi connectivity index (χ0) is 16.9. The fraction of sp³-hybridized carbons (Fsp3) is 0.333. The highest BCUT2D eigenvalue weighted by Crippen LogP contribution is 2.34. The van der Waals surface area contributed by atoms with Crippen LogP contribution in [0.3, 0.4) is 0 Å². The van der Waals surface area contributed by atoms with Crippen molar-refractivity contribution in [1.29, 1.82) is 0 Å². The Labute approximate surface area is 139 Å². The molecule has 0 aliphatic heterocycles. The van der Waals surface area contributed by atoms with Crippen LogP contribution in [0, 0.1) is 5.82 Å². The number of aromatic nitrogens is 1. The van der Waals surface area contributed by atoms with E-state index in [1.54, 1.807) is 18.3 Å². The van der Waals surface area contributed by atoms with Gasteiger partial charge in [0.05, 0.1) is 30.7 Å². The number of hydrogen-bond acceptors (Lipinski definition) is 4. The summed E-state index contributed by atoms with van der Waals surface area (Å²) in [5.41, 5.74) is 0.406. The molecule has 0 saturated heterocycles. The molecule has 1 N–H and O–H groups in total. The lowest BCUT2D eigenvalue weighted by Gasteiger charge is -2.17. The molecule has 0 bridgehead atoms. The number of benzene rings is 1. The summed E-state index contributed by atoms with van der Waals surface area (Å²) in [6, 6.07) is 5.96. The first-order valence-corrected chi connectivity index (χ1v) is 7.93. The molecule has 1 aliphatic rings. The third-order valence-electron chi connectivity index (χ3n) is 4.01. The molecular weight excluding hydrogens is 311 g/mol. The molecule has 0 spiro atoms. The van der Waals surface area contributed by atoms with Gasteiger partial charge in [-0.25, -0.2) is 4.39 Å². The van der Waals surface area contributed by atoms with Crippen LogP contribution in [0.25, 0.3) is 0 Å². The smallest absolute Gasteiger partial charge is 0.258 e. The van der Waals surface area contributed by atoms with Gasteiger partial charge in [0.2, 0.25) is 0 Å². The maximum absolute atomic E-state index is 14.3. The molecule has 1 fully saturated rings. The summed E-state index contributed by atoms with van der Waals surface area (Å²) in [7, 11) is 1.45. The molecule has 0 radical (unpaired) electrons. The molecule has 1 aliphatic carbocycles. The van der Waals surface area contributed by atoms with Crippen molar-refractivity contribution in [2.75, 3.05) is 12.4 Å². The molecule has 1 aromatic heterocycles. The lowest BCUT2D eigenvalue weighted by Crippen LogP contribution is -2.16. The van der Waals surface area contributed by atoms with Crippen molar-refractivity contribution < 1.29 is 18.7 Å². The third kappa shape index (κ3) is 3.64. The number of ether oxygens (including phenoxy) is 2. The second kappa shape index (κ2) is 7.29. The second-order valence-electron chi connectivity index (χ2n) is 5.70. The Morgan fingerprint density at radius 3 is 2.75 bits per heavy atom. The van der Waals surface area contributed by atoms with Gasteiger partial charge in [0.1, 0.15) is 5.82 Å². The Morgan fingerprint density at radius 1 is 1.29 bits per heavy atom. The number of carbonyl (C=O) groups excluding carboxylic acids is 1. The lowest BCUT2D eigenvalue weighted by molar-refractivity contribution is 0.102. The van der Waals surface area contributed by atoms with Crippen LogP contribution in [0.4, 0.5) is 10.1 Å². The topological polar surface area (TPSA) is 60.5 Å². The van der Waals surface area contributed by atoms with Gasteiger partial charge in [0.25, 0.3) is 5.91 Å². The van der Waals surface area contributed by atoms with Crippen LogP contribution in [-0.2, 0) is 0 Å². The number of methoxy groups -OCH3 is 1. The van der Waals surface area contributed by atoms with E-state index >= 15 is 0 Å². The second-order valence-corrected chi connectivity index (χ2v) is 5.70. The molecule has 1 heterocycles. The van der Waals surface area contributed by atoms with Gasteiger partial charge in [0.15, 0.2) is 11.5 Å². The first kappa shape index (κ1) is 16.2. The van der Waals surface area contributed by atoms with E-state index in [0.29, 0.717) is 11.4 Å². The van der Waals surface area contributed by atoms with Gasteiger partial charge >= 0.3 is 0 Å². The van der Waals surface area contributed by atoms with E-state index in [-0.39, 0.29) is 17.4 Å². The number of nitrogens with zero attached hydrogens (tertiary/aromatic N) is 1. The maximum Gasteiger partial charge on any atom is 0.258 e. The van der Waals surface area contributed by atoms with Crippen LogP contribution < -0.4 is 14.8 Å². The number of rotatable bonds is 5. The monoisotopic (exact) mass is 330 g/mol. The number of nitrogens with one attached hydrogen (secondary N) is 1. The Morgan fingerprint density at radius 2 is 2.08 bits per heavy atom. The standard InChI is InChI=1S/C18H19FN2O3/c1-23-16-10-15(19)14(9-17(16)24-13-6-2-3-7-13)18(22)21-12-5-4-8-20-11-12/h4-5,8-11,13H,2-3,6-7H2,1H3,(H,21,22). The van der Waals surface area contributed by atoms with Crippen molar-refractivity contribution in [2.24, 2.45) is 0 Å². The van der Waals surface area contributed by atoms with Crippen LogP contribution in [0.2, 0.25) is 0 Å². The highest BCUT2D eigenvalue weighted by molar-refractivity contribution is 6.04. The predicted octanol–water partition coefficient (Wildman–Crippen LogP) is 3.80. The van der Waals surface area contributed by atoms with E-state index in [1.165, 1.54) is 25.4 Å². The zero-order valence-corrected chi connectivity index (χ0v) is 13.4. The Bertz CT molecular complexity index is 716. The summed E-state index contributed by atoms with van der Waals surface area (Å²) < 4.78 is 25.4. The number of hydrogen-bond donors (Lipinski definition) is 1. The first-order valence-electron chi connectivity index (χ1n) is 7.93. The molecule has 1 saturated carbocycles.